The van der Waals surface area contributed by atoms with Crippen LogP contribution in [0.4, 0.5) is 0 Å². The van der Waals surface area contributed by atoms with E-state index in [4.69, 9.17) is 0 Å². The van der Waals surface area contributed by atoms with E-state index < -0.39 is 66.2 Å². The fraction of sp³-hybridized carbons (Fsp3) is 1.00. The molecule has 206 valence electrons. The van der Waals surface area contributed by atoms with Gasteiger partial charge in [0, 0.05) is 0 Å². The molecule has 0 aromatic rings. The van der Waals surface area contributed by atoms with E-state index in [1.165, 1.54) is 0 Å². The molecule has 0 fully saturated rings. The summed E-state index contributed by atoms with van der Waals surface area (Å²) in [6, 6.07) is 0. The van der Waals surface area contributed by atoms with Gasteiger partial charge in [-0.1, -0.05) is 118 Å². The molecule has 0 spiro atoms. The Bertz CT molecular complexity index is 599. The number of hydrogen-bond donors (Lipinski definition) is 0. The largest absolute Gasteiger partial charge is 0.356 e. The van der Waals surface area contributed by atoms with Crippen LogP contribution in [0.3, 0.4) is 0 Å². The van der Waals surface area contributed by atoms with E-state index in [1.807, 2.05) is 0 Å². The fourth-order valence-electron chi connectivity index (χ4n) is 8.22. The third-order valence-corrected chi connectivity index (χ3v) is 50.0. The standard InChI is InChI=1S/C22H66N4Si8/c1-27(2,3)23(33(19,20)25(29(7,8)9)30(10,11)12)24(28(4,5)6)34(21,22)26(31(13,14)15)32(16,17)18/h1-22H3. The first kappa shape index (κ1) is 35.6. The maximum absolute atomic E-state index is 3.22. The predicted molar refractivity (Wildman–Crippen MR) is 182 cm³/mol. The summed E-state index contributed by atoms with van der Waals surface area (Å²) in [5.41, 5.74) is 0. The summed E-state index contributed by atoms with van der Waals surface area (Å²) in [5.74, 6) is 0. The zero-order valence-corrected chi connectivity index (χ0v) is 35.8. The van der Waals surface area contributed by atoms with Crippen molar-refractivity contribution in [3.63, 3.8) is 0 Å². The van der Waals surface area contributed by atoms with Crippen LogP contribution in [0.2, 0.25) is 144 Å². The number of nitrogens with zero attached hydrogens (tertiary/aromatic N) is 4. The first-order chi connectivity index (χ1) is 14.2. The maximum Gasteiger partial charge on any atom is 0.193 e. The highest BCUT2D eigenvalue weighted by molar-refractivity contribution is 7.09. The average Bonchev–Trinajstić information content (AvgIpc) is 2.32. The van der Waals surface area contributed by atoms with Gasteiger partial charge < -0.3 is 7.79 Å². The van der Waals surface area contributed by atoms with Crippen LogP contribution in [0.1, 0.15) is 0 Å². The van der Waals surface area contributed by atoms with Crippen molar-refractivity contribution in [2.75, 3.05) is 0 Å². The topological polar surface area (TPSA) is 13.0 Å². The van der Waals surface area contributed by atoms with Gasteiger partial charge in [-0.3, -0.25) is 8.68 Å². The summed E-state index contributed by atoms with van der Waals surface area (Å²) >= 11 is 0. The molecule has 0 unspecified atom stereocenters. The van der Waals surface area contributed by atoms with E-state index in [0.717, 1.165) is 0 Å². The molecule has 0 saturated heterocycles. The Morgan fingerprint density at radius 3 is 0.471 bits per heavy atom. The molecule has 0 aliphatic rings. The van der Waals surface area contributed by atoms with Crippen molar-refractivity contribution >= 4 is 66.2 Å². The zero-order valence-electron chi connectivity index (χ0n) is 27.8. The van der Waals surface area contributed by atoms with Crippen molar-refractivity contribution in [1.29, 1.82) is 0 Å². The molecular formula is C22H66N4Si8. The second kappa shape index (κ2) is 10.3. The second-order valence-electron chi connectivity index (χ2n) is 17.3. The van der Waals surface area contributed by atoms with E-state index in [9.17, 15) is 0 Å². The molecule has 0 bridgehead atoms. The summed E-state index contributed by atoms with van der Waals surface area (Å²) in [4.78, 5) is 0. The second-order valence-corrected chi connectivity index (χ2v) is 57.3. The Morgan fingerprint density at radius 1 is 0.235 bits per heavy atom. The smallest absolute Gasteiger partial charge is 0.193 e. The lowest BCUT2D eigenvalue weighted by Crippen LogP contribution is -2.89. The molecule has 0 heterocycles. The summed E-state index contributed by atoms with van der Waals surface area (Å²) < 4.78 is 12.9. The van der Waals surface area contributed by atoms with Crippen LogP contribution in [-0.4, -0.2) is 82.7 Å². The molecule has 0 aromatic heterocycles. The third kappa shape index (κ3) is 8.29. The molecule has 12 heteroatoms. The van der Waals surface area contributed by atoms with Crippen molar-refractivity contribution < 1.29 is 0 Å². The maximum atomic E-state index is 3.22. The Balaban J connectivity index is 7.60. The highest BCUT2D eigenvalue weighted by Gasteiger charge is 2.60. The van der Waals surface area contributed by atoms with Crippen LogP contribution < -0.4 is 0 Å². The van der Waals surface area contributed by atoms with Crippen LogP contribution in [0.25, 0.3) is 0 Å². The van der Waals surface area contributed by atoms with Gasteiger partial charge in [0.1, 0.15) is 49.4 Å². The molecule has 0 radical (unpaired) electrons. The minimum Gasteiger partial charge on any atom is -0.356 e. The van der Waals surface area contributed by atoms with Crippen molar-refractivity contribution in [3.05, 3.63) is 0 Å². The van der Waals surface area contributed by atoms with Crippen LogP contribution in [0.5, 0.6) is 0 Å². The van der Waals surface area contributed by atoms with Gasteiger partial charge in [-0.15, -0.1) is 0 Å². The summed E-state index contributed by atoms with van der Waals surface area (Å²) in [6.07, 6.45) is 0. The van der Waals surface area contributed by atoms with Gasteiger partial charge >= 0.3 is 0 Å². The Hall–Kier alpha value is 1.58. The molecule has 0 aliphatic heterocycles. The van der Waals surface area contributed by atoms with Gasteiger partial charge in [-0.25, -0.2) is 0 Å². The number of rotatable bonds is 11. The highest BCUT2D eigenvalue weighted by Crippen LogP contribution is 2.40. The molecule has 0 amide bonds. The molecule has 0 atom stereocenters. The normalized spacial score (nSPS) is 16.4. The Kier molecular flexibility index (Phi) is 10.8. The van der Waals surface area contributed by atoms with Crippen molar-refractivity contribution in [2.24, 2.45) is 0 Å². The lowest BCUT2D eigenvalue weighted by atomic mass is 11.8. The molecule has 0 aliphatic carbocycles. The third-order valence-electron chi connectivity index (χ3n) is 6.29. The quantitative estimate of drug-likeness (QED) is 0.172. The molecule has 0 aromatic carbocycles. The lowest BCUT2D eigenvalue weighted by molar-refractivity contribution is 0.324. The number of hydrazine groups is 1. The Labute approximate surface area is 225 Å². The number of hydrogen-bond acceptors (Lipinski definition) is 4. The van der Waals surface area contributed by atoms with Crippen LogP contribution in [-0.2, 0) is 0 Å². The summed E-state index contributed by atoms with van der Waals surface area (Å²) in [6.45, 7) is 58.1. The molecule has 0 N–H and O–H groups in total. The van der Waals surface area contributed by atoms with Gasteiger partial charge in [0.05, 0.1) is 0 Å². The molecular weight excluding hydrogens is 545 g/mol. The van der Waals surface area contributed by atoms with Gasteiger partial charge in [-0.05, 0) is 26.2 Å². The average molecular weight is 611 g/mol. The lowest BCUT2D eigenvalue weighted by Gasteiger charge is -2.69. The van der Waals surface area contributed by atoms with Gasteiger partial charge in [-0.2, -0.15) is 0 Å². The predicted octanol–water partition coefficient (Wildman–Crippen LogP) is 8.52. The minimum absolute atomic E-state index is 1.52. The van der Waals surface area contributed by atoms with E-state index in [0.29, 0.717) is 0 Å². The zero-order chi connectivity index (χ0) is 28.3. The van der Waals surface area contributed by atoms with Crippen molar-refractivity contribution in [1.82, 2.24) is 16.5 Å². The molecule has 4 nitrogen and oxygen atoms in total. The van der Waals surface area contributed by atoms with Crippen LogP contribution >= 0.6 is 0 Å². The Morgan fingerprint density at radius 2 is 0.382 bits per heavy atom. The SMILES string of the molecule is C[Si](C)(C)N(N([Si](C)(C)C)[Si](C)(C)N([Si](C)(C)C)[Si](C)(C)C)[Si](C)(C)N([Si](C)(C)C)[Si](C)(C)C. The van der Waals surface area contributed by atoms with Gasteiger partial charge in [0.25, 0.3) is 0 Å². The molecule has 34 heavy (non-hydrogen) atoms. The van der Waals surface area contributed by atoms with E-state index in [1.54, 1.807) is 0 Å². The first-order valence-corrected chi connectivity index (χ1v) is 39.9. The van der Waals surface area contributed by atoms with Gasteiger partial charge in [0.2, 0.25) is 0 Å². The fourth-order valence-corrected chi connectivity index (χ4v) is 75.7. The molecule has 0 saturated carbocycles. The van der Waals surface area contributed by atoms with Crippen LogP contribution in [0, 0.1) is 0 Å². The van der Waals surface area contributed by atoms with Gasteiger partial charge in [0.15, 0.2) is 16.8 Å². The van der Waals surface area contributed by atoms with Crippen LogP contribution in [0.15, 0.2) is 0 Å². The van der Waals surface area contributed by atoms with Crippen molar-refractivity contribution in [2.45, 2.75) is 144 Å². The monoisotopic (exact) mass is 610 g/mol. The van der Waals surface area contributed by atoms with Crippen molar-refractivity contribution in [3.8, 4) is 0 Å². The minimum atomic E-state index is -1.96. The van der Waals surface area contributed by atoms with E-state index in [-0.39, 0.29) is 0 Å². The van der Waals surface area contributed by atoms with E-state index >= 15 is 0 Å². The summed E-state index contributed by atoms with van der Waals surface area (Å²) in [5, 5.41) is 0. The van der Waals surface area contributed by atoms with E-state index in [2.05, 4.69) is 161 Å². The highest BCUT2D eigenvalue weighted by atomic mass is 28.5. The first-order valence-electron chi connectivity index (χ1n) is 13.4. The molecule has 0 rings (SSSR count). The summed E-state index contributed by atoms with van der Waals surface area (Å²) in [7, 11) is -13.4.